The van der Waals surface area contributed by atoms with Crippen LogP contribution in [0.25, 0.3) is 10.9 Å². The average molecular weight is 257 g/mol. The molecule has 0 unspecified atom stereocenters. The molecule has 1 aromatic carbocycles. The lowest BCUT2D eigenvalue weighted by Gasteiger charge is -2.29. The number of hydrogen-bond donors (Lipinski definition) is 2. The van der Waals surface area contributed by atoms with Crippen molar-refractivity contribution < 1.29 is 4.79 Å². The van der Waals surface area contributed by atoms with Crippen LogP contribution in [0.15, 0.2) is 30.3 Å². The van der Waals surface area contributed by atoms with E-state index in [1.165, 1.54) is 16.6 Å². The first-order valence-electron chi connectivity index (χ1n) is 6.80. The molecule has 1 aliphatic heterocycles. The van der Waals surface area contributed by atoms with Crippen molar-refractivity contribution in [2.24, 2.45) is 11.7 Å². The highest BCUT2D eigenvalue weighted by molar-refractivity contribution is 5.80. The van der Waals surface area contributed by atoms with Crippen LogP contribution in [-0.4, -0.2) is 28.9 Å². The third-order valence-corrected chi connectivity index (χ3v) is 3.97. The minimum absolute atomic E-state index is 0.0685. The van der Waals surface area contributed by atoms with E-state index in [9.17, 15) is 4.79 Å². The summed E-state index contributed by atoms with van der Waals surface area (Å²) in [5.41, 5.74) is 7.77. The molecular weight excluding hydrogens is 238 g/mol. The number of primary amides is 1. The van der Waals surface area contributed by atoms with E-state index in [1.54, 1.807) is 0 Å². The molecule has 4 nitrogen and oxygen atoms in total. The lowest BCUT2D eigenvalue weighted by Crippen LogP contribution is -2.38. The average Bonchev–Trinajstić information content (AvgIpc) is 2.81. The Hall–Kier alpha value is -1.81. The molecule has 0 aliphatic carbocycles. The van der Waals surface area contributed by atoms with Gasteiger partial charge in [-0.05, 0) is 43.5 Å². The predicted octanol–water partition coefficient (Wildman–Crippen LogP) is 1.87. The molecule has 4 heteroatoms. The molecular formula is C15H19N3O. The van der Waals surface area contributed by atoms with E-state index in [1.807, 2.05) is 6.07 Å². The van der Waals surface area contributed by atoms with Crippen molar-refractivity contribution in [3.8, 4) is 0 Å². The van der Waals surface area contributed by atoms with Crippen molar-refractivity contribution in [2.45, 2.75) is 19.4 Å². The van der Waals surface area contributed by atoms with Crippen LogP contribution in [-0.2, 0) is 11.3 Å². The molecule has 0 radical (unpaired) electrons. The van der Waals surface area contributed by atoms with Crippen LogP contribution in [0.4, 0.5) is 0 Å². The quantitative estimate of drug-likeness (QED) is 0.881. The maximum Gasteiger partial charge on any atom is 0.220 e. The van der Waals surface area contributed by atoms with E-state index in [-0.39, 0.29) is 11.8 Å². The third kappa shape index (κ3) is 2.63. The molecule has 2 aromatic rings. The summed E-state index contributed by atoms with van der Waals surface area (Å²) in [7, 11) is 0. The minimum atomic E-state index is -0.148. The zero-order valence-corrected chi connectivity index (χ0v) is 10.9. The van der Waals surface area contributed by atoms with Gasteiger partial charge < -0.3 is 10.7 Å². The SMILES string of the molecule is NC(=O)C1CCN(Cc2cc3ccccc3[nH]2)CC1. The van der Waals surface area contributed by atoms with Crippen LogP contribution >= 0.6 is 0 Å². The molecule has 3 rings (SSSR count). The maximum atomic E-state index is 11.1. The fourth-order valence-electron chi connectivity index (χ4n) is 2.84. The highest BCUT2D eigenvalue weighted by atomic mass is 16.1. The lowest BCUT2D eigenvalue weighted by molar-refractivity contribution is -0.123. The summed E-state index contributed by atoms with van der Waals surface area (Å²) in [5.74, 6) is -0.0794. The fraction of sp³-hybridized carbons (Fsp3) is 0.400. The fourth-order valence-corrected chi connectivity index (χ4v) is 2.84. The Morgan fingerprint density at radius 1 is 1.32 bits per heavy atom. The Morgan fingerprint density at radius 3 is 2.74 bits per heavy atom. The van der Waals surface area contributed by atoms with E-state index in [0.717, 1.165) is 32.5 Å². The van der Waals surface area contributed by atoms with Gasteiger partial charge in [-0.2, -0.15) is 0 Å². The van der Waals surface area contributed by atoms with Gasteiger partial charge in [0.25, 0.3) is 0 Å². The van der Waals surface area contributed by atoms with E-state index < -0.39 is 0 Å². The Kier molecular flexibility index (Phi) is 3.25. The molecule has 1 saturated heterocycles. The van der Waals surface area contributed by atoms with Gasteiger partial charge in [-0.25, -0.2) is 0 Å². The Balaban J connectivity index is 1.64. The lowest BCUT2D eigenvalue weighted by atomic mass is 9.96. The Labute approximate surface area is 112 Å². The van der Waals surface area contributed by atoms with Crippen molar-refractivity contribution in [3.05, 3.63) is 36.0 Å². The second kappa shape index (κ2) is 5.05. The molecule has 19 heavy (non-hydrogen) atoms. The summed E-state index contributed by atoms with van der Waals surface area (Å²) in [6, 6.07) is 10.5. The number of carbonyl (C=O) groups is 1. The third-order valence-electron chi connectivity index (χ3n) is 3.97. The first-order chi connectivity index (χ1) is 9.22. The van der Waals surface area contributed by atoms with Gasteiger partial charge in [0.05, 0.1) is 0 Å². The van der Waals surface area contributed by atoms with Crippen LogP contribution in [0, 0.1) is 5.92 Å². The van der Waals surface area contributed by atoms with Crippen LogP contribution < -0.4 is 5.73 Å². The number of fused-ring (bicyclic) bond motifs is 1. The molecule has 0 spiro atoms. The molecule has 1 fully saturated rings. The number of hydrogen-bond acceptors (Lipinski definition) is 2. The summed E-state index contributed by atoms with van der Waals surface area (Å²) in [6.07, 6.45) is 1.77. The highest BCUT2D eigenvalue weighted by Crippen LogP contribution is 2.20. The molecule has 1 aromatic heterocycles. The molecule has 0 saturated carbocycles. The molecule has 1 amide bonds. The number of rotatable bonds is 3. The first-order valence-corrected chi connectivity index (χ1v) is 6.80. The topological polar surface area (TPSA) is 62.1 Å². The van der Waals surface area contributed by atoms with Gasteiger partial charge in [0.15, 0.2) is 0 Å². The molecule has 2 heterocycles. The molecule has 1 aliphatic rings. The van der Waals surface area contributed by atoms with Gasteiger partial charge >= 0.3 is 0 Å². The number of benzene rings is 1. The van der Waals surface area contributed by atoms with Gasteiger partial charge in [0, 0.05) is 23.7 Å². The number of nitrogens with one attached hydrogen (secondary N) is 1. The number of nitrogens with two attached hydrogens (primary N) is 1. The first kappa shape index (κ1) is 12.2. The van der Waals surface area contributed by atoms with Crippen molar-refractivity contribution >= 4 is 16.8 Å². The summed E-state index contributed by atoms with van der Waals surface area (Å²) < 4.78 is 0. The van der Waals surface area contributed by atoms with Gasteiger partial charge in [0.2, 0.25) is 5.91 Å². The second-order valence-electron chi connectivity index (χ2n) is 5.33. The number of piperidine rings is 1. The summed E-state index contributed by atoms with van der Waals surface area (Å²) in [5, 5.41) is 1.25. The number of aromatic nitrogens is 1. The van der Waals surface area contributed by atoms with Crippen LogP contribution in [0.1, 0.15) is 18.5 Å². The van der Waals surface area contributed by atoms with Crippen LogP contribution in [0.5, 0.6) is 0 Å². The Bertz CT molecular complexity index is 549. The van der Waals surface area contributed by atoms with Crippen molar-refractivity contribution in [1.82, 2.24) is 9.88 Å². The normalized spacial score (nSPS) is 17.9. The van der Waals surface area contributed by atoms with E-state index in [4.69, 9.17) is 5.73 Å². The number of likely N-dealkylation sites (tertiary alicyclic amines) is 1. The van der Waals surface area contributed by atoms with Gasteiger partial charge in [-0.15, -0.1) is 0 Å². The second-order valence-corrected chi connectivity index (χ2v) is 5.33. The number of amides is 1. The number of nitrogens with zero attached hydrogens (tertiary/aromatic N) is 1. The number of carbonyl (C=O) groups excluding carboxylic acids is 1. The Morgan fingerprint density at radius 2 is 2.05 bits per heavy atom. The maximum absolute atomic E-state index is 11.1. The van der Waals surface area contributed by atoms with Crippen LogP contribution in [0.2, 0.25) is 0 Å². The highest BCUT2D eigenvalue weighted by Gasteiger charge is 2.23. The predicted molar refractivity (Wildman–Crippen MR) is 75.5 cm³/mol. The van der Waals surface area contributed by atoms with E-state index in [0.29, 0.717) is 0 Å². The molecule has 3 N–H and O–H groups in total. The molecule has 0 atom stereocenters. The zero-order chi connectivity index (χ0) is 13.2. The van der Waals surface area contributed by atoms with Gasteiger partial charge in [-0.1, -0.05) is 18.2 Å². The van der Waals surface area contributed by atoms with Gasteiger partial charge in [-0.3, -0.25) is 9.69 Å². The smallest absolute Gasteiger partial charge is 0.220 e. The summed E-state index contributed by atoms with van der Waals surface area (Å²) in [6.45, 7) is 2.81. The summed E-state index contributed by atoms with van der Waals surface area (Å²) >= 11 is 0. The van der Waals surface area contributed by atoms with E-state index >= 15 is 0 Å². The number of para-hydroxylation sites is 1. The molecule has 100 valence electrons. The summed E-state index contributed by atoms with van der Waals surface area (Å²) in [4.78, 5) is 17.0. The van der Waals surface area contributed by atoms with Crippen molar-refractivity contribution in [2.75, 3.05) is 13.1 Å². The largest absolute Gasteiger partial charge is 0.369 e. The molecule has 0 bridgehead atoms. The van der Waals surface area contributed by atoms with Gasteiger partial charge in [0.1, 0.15) is 0 Å². The van der Waals surface area contributed by atoms with E-state index in [2.05, 4.69) is 34.1 Å². The van der Waals surface area contributed by atoms with Crippen molar-refractivity contribution in [3.63, 3.8) is 0 Å². The minimum Gasteiger partial charge on any atom is -0.369 e. The zero-order valence-electron chi connectivity index (χ0n) is 10.9. The standard InChI is InChI=1S/C15H19N3O/c16-15(19)11-5-7-18(8-6-11)10-13-9-12-3-1-2-4-14(12)17-13/h1-4,9,11,17H,5-8,10H2,(H2,16,19). The van der Waals surface area contributed by atoms with Crippen LogP contribution in [0.3, 0.4) is 0 Å². The van der Waals surface area contributed by atoms with Crippen molar-refractivity contribution in [1.29, 1.82) is 0 Å². The number of aromatic amines is 1. The number of H-pyrrole nitrogens is 1. The monoisotopic (exact) mass is 257 g/mol.